The highest BCUT2D eigenvalue weighted by atomic mass is 32.2. The lowest BCUT2D eigenvalue weighted by molar-refractivity contribution is -0.385. The van der Waals surface area contributed by atoms with Gasteiger partial charge < -0.3 is 5.32 Å². The number of benzene rings is 3. The summed E-state index contributed by atoms with van der Waals surface area (Å²) in [5.41, 5.74) is 1.92. The molecule has 0 unspecified atom stereocenters. The van der Waals surface area contributed by atoms with Crippen molar-refractivity contribution in [2.45, 2.75) is 11.3 Å². The van der Waals surface area contributed by atoms with E-state index < -0.39 is 14.9 Å². The van der Waals surface area contributed by atoms with Crippen LogP contribution in [0.5, 0.6) is 0 Å². The number of nitro groups is 1. The van der Waals surface area contributed by atoms with Crippen molar-refractivity contribution < 1.29 is 13.3 Å². The van der Waals surface area contributed by atoms with Crippen molar-refractivity contribution in [1.82, 2.24) is 3.97 Å². The first-order valence-corrected chi connectivity index (χ1v) is 11.2. The normalized spacial score (nSPS) is 11.2. The lowest BCUT2D eigenvalue weighted by Gasteiger charge is -2.10. The molecule has 8 nitrogen and oxygen atoms in total. The summed E-state index contributed by atoms with van der Waals surface area (Å²) in [7, 11) is -3.71. The molecular formula is C23H18N4O4S. The number of nitrogens with one attached hydrogen (secondary N) is 1. The number of nitrogens with zero attached hydrogens (tertiary/aromatic N) is 3. The lowest BCUT2D eigenvalue weighted by Crippen LogP contribution is -2.12. The van der Waals surface area contributed by atoms with Crippen molar-refractivity contribution >= 4 is 32.3 Å². The van der Waals surface area contributed by atoms with Crippen molar-refractivity contribution in [3.8, 4) is 6.07 Å². The van der Waals surface area contributed by atoms with Gasteiger partial charge in [0.1, 0.15) is 11.6 Å². The molecule has 0 atom stereocenters. The van der Waals surface area contributed by atoms with Gasteiger partial charge in [-0.15, -0.1) is 0 Å². The molecule has 0 aliphatic carbocycles. The predicted octanol–water partition coefficient (Wildman–Crippen LogP) is 4.31. The quantitative estimate of drug-likeness (QED) is 0.334. The van der Waals surface area contributed by atoms with Crippen molar-refractivity contribution in [2.24, 2.45) is 0 Å². The van der Waals surface area contributed by atoms with E-state index in [2.05, 4.69) is 5.32 Å². The van der Waals surface area contributed by atoms with Crippen molar-refractivity contribution in [3.63, 3.8) is 0 Å². The fourth-order valence-corrected chi connectivity index (χ4v) is 4.81. The number of fused-ring (bicyclic) bond motifs is 1. The van der Waals surface area contributed by atoms with Gasteiger partial charge in [0, 0.05) is 29.9 Å². The van der Waals surface area contributed by atoms with E-state index in [0.29, 0.717) is 24.2 Å². The zero-order valence-corrected chi connectivity index (χ0v) is 17.6. The summed E-state index contributed by atoms with van der Waals surface area (Å²) in [5.74, 6) is 0. The molecule has 32 heavy (non-hydrogen) atoms. The van der Waals surface area contributed by atoms with Crippen LogP contribution in [0.2, 0.25) is 0 Å². The van der Waals surface area contributed by atoms with Gasteiger partial charge in [0.05, 0.1) is 15.3 Å². The van der Waals surface area contributed by atoms with Crippen LogP contribution in [0.3, 0.4) is 0 Å². The second kappa shape index (κ2) is 8.53. The second-order valence-electron chi connectivity index (χ2n) is 7.10. The maximum Gasteiger partial charge on any atom is 0.287 e. The summed E-state index contributed by atoms with van der Waals surface area (Å²) in [5, 5.41) is 24.0. The molecule has 1 heterocycles. The highest BCUT2D eigenvalue weighted by Crippen LogP contribution is 2.23. The number of rotatable bonds is 7. The first kappa shape index (κ1) is 21.1. The van der Waals surface area contributed by atoms with E-state index in [4.69, 9.17) is 5.26 Å². The Balaban J connectivity index is 1.44. The molecule has 0 bridgehead atoms. The molecule has 1 N–H and O–H groups in total. The largest absolute Gasteiger partial charge is 0.385 e. The molecule has 1 aromatic heterocycles. The third kappa shape index (κ3) is 4.04. The summed E-state index contributed by atoms with van der Waals surface area (Å²) < 4.78 is 27.3. The highest BCUT2D eigenvalue weighted by Gasteiger charge is 2.18. The predicted molar refractivity (Wildman–Crippen MR) is 121 cm³/mol. The van der Waals surface area contributed by atoms with Crippen molar-refractivity contribution in [2.75, 3.05) is 11.9 Å². The van der Waals surface area contributed by atoms with E-state index in [0.717, 1.165) is 10.9 Å². The summed E-state index contributed by atoms with van der Waals surface area (Å²) in [6.45, 7) is 0.511. The molecule has 0 aliphatic heterocycles. The zero-order valence-electron chi connectivity index (χ0n) is 16.8. The average molecular weight is 446 g/mol. The Morgan fingerprint density at radius 3 is 2.50 bits per heavy atom. The van der Waals surface area contributed by atoms with Crippen molar-refractivity contribution in [3.05, 3.63) is 100 Å². The van der Waals surface area contributed by atoms with Gasteiger partial charge in [-0.05, 0) is 48.4 Å². The summed E-state index contributed by atoms with van der Waals surface area (Å²) >= 11 is 0. The van der Waals surface area contributed by atoms with Gasteiger partial charge in [-0.1, -0.05) is 30.3 Å². The van der Waals surface area contributed by atoms with Gasteiger partial charge in [0.15, 0.2) is 0 Å². The van der Waals surface area contributed by atoms with E-state index in [1.165, 1.54) is 16.1 Å². The van der Waals surface area contributed by atoms with Crippen LogP contribution < -0.4 is 5.32 Å². The van der Waals surface area contributed by atoms with Gasteiger partial charge in [0.25, 0.3) is 15.7 Å². The van der Waals surface area contributed by atoms with Gasteiger partial charge in [-0.3, -0.25) is 10.1 Å². The average Bonchev–Trinajstić information content (AvgIpc) is 3.24. The Morgan fingerprint density at radius 2 is 1.78 bits per heavy atom. The molecule has 0 saturated carbocycles. The smallest absolute Gasteiger partial charge is 0.287 e. The topological polar surface area (TPSA) is 118 Å². The third-order valence-corrected chi connectivity index (χ3v) is 6.80. The third-order valence-electron chi connectivity index (χ3n) is 5.10. The van der Waals surface area contributed by atoms with Crippen LogP contribution in [0.4, 0.5) is 11.4 Å². The van der Waals surface area contributed by atoms with Crippen LogP contribution in [0.25, 0.3) is 10.9 Å². The Kier molecular flexibility index (Phi) is 5.62. The molecular weight excluding hydrogens is 428 g/mol. The van der Waals surface area contributed by atoms with Crippen LogP contribution in [0.1, 0.15) is 11.1 Å². The molecule has 0 radical (unpaired) electrons. The lowest BCUT2D eigenvalue weighted by atomic mass is 10.1. The molecule has 9 heteroatoms. The molecule has 160 valence electrons. The number of anilines is 1. The van der Waals surface area contributed by atoms with Gasteiger partial charge in [0.2, 0.25) is 0 Å². The molecule has 3 aromatic carbocycles. The van der Waals surface area contributed by atoms with E-state index in [1.54, 1.807) is 54.7 Å². The van der Waals surface area contributed by atoms with E-state index in [-0.39, 0.29) is 16.1 Å². The van der Waals surface area contributed by atoms with Crippen LogP contribution in [0.15, 0.2) is 83.9 Å². The van der Waals surface area contributed by atoms with Gasteiger partial charge >= 0.3 is 0 Å². The number of para-hydroxylation sites is 1. The SMILES string of the molecule is N#Cc1cc(NCCc2ccc(S(=O)(=O)n3ccc4ccccc43)cc2)ccc1[N+](=O)[O-]. The summed E-state index contributed by atoms with van der Waals surface area (Å²) in [6.07, 6.45) is 2.16. The second-order valence-corrected chi connectivity index (χ2v) is 8.91. The fourth-order valence-electron chi connectivity index (χ4n) is 3.45. The maximum atomic E-state index is 13.0. The molecule has 4 rings (SSSR count). The Morgan fingerprint density at radius 1 is 1.03 bits per heavy atom. The molecule has 0 spiro atoms. The first-order chi connectivity index (χ1) is 15.4. The fraction of sp³-hybridized carbons (Fsp3) is 0.0870. The number of nitro benzene ring substituents is 1. The van der Waals surface area contributed by atoms with Crippen LogP contribution in [0, 0.1) is 21.4 Å². The molecule has 0 amide bonds. The van der Waals surface area contributed by atoms with Gasteiger partial charge in [-0.2, -0.15) is 5.26 Å². The minimum absolute atomic E-state index is 0.00732. The number of nitriles is 1. The monoisotopic (exact) mass is 446 g/mol. The molecule has 0 saturated heterocycles. The Bertz CT molecular complexity index is 1450. The van der Waals surface area contributed by atoms with Crippen molar-refractivity contribution in [1.29, 1.82) is 5.26 Å². The summed E-state index contributed by atoms with van der Waals surface area (Å²) in [6, 6.07) is 21.9. The minimum Gasteiger partial charge on any atom is -0.385 e. The number of aromatic nitrogens is 1. The molecule has 0 fully saturated rings. The summed E-state index contributed by atoms with van der Waals surface area (Å²) in [4.78, 5) is 10.5. The molecule has 0 aliphatic rings. The highest BCUT2D eigenvalue weighted by molar-refractivity contribution is 7.90. The number of hydrogen-bond donors (Lipinski definition) is 1. The van der Waals surface area contributed by atoms with Crippen LogP contribution >= 0.6 is 0 Å². The van der Waals surface area contributed by atoms with Crippen LogP contribution in [-0.4, -0.2) is 23.9 Å². The van der Waals surface area contributed by atoms with Crippen LogP contribution in [-0.2, 0) is 16.4 Å². The minimum atomic E-state index is -3.71. The molecule has 4 aromatic rings. The van der Waals surface area contributed by atoms with Gasteiger partial charge in [-0.25, -0.2) is 12.4 Å². The Hall–Kier alpha value is -4.16. The number of hydrogen-bond acceptors (Lipinski definition) is 6. The Labute approximate surface area is 184 Å². The first-order valence-electron chi connectivity index (χ1n) is 9.73. The maximum absolute atomic E-state index is 13.0. The standard InChI is InChI=1S/C23H18N4O4S/c24-16-19-15-20(7-10-23(19)27(28)29)25-13-11-17-5-8-21(9-6-17)32(30,31)26-14-12-18-3-1-2-4-22(18)26/h1-10,12,14-15,25H,11,13H2. The van der Waals surface area contributed by atoms with E-state index in [1.807, 2.05) is 18.2 Å². The van der Waals surface area contributed by atoms with E-state index in [9.17, 15) is 18.5 Å². The van der Waals surface area contributed by atoms with E-state index >= 15 is 0 Å². The zero-order chi connectivity index (χ0) is 22.7.